The predicted octanol–water partition coefficient (Wildman–Crippen LogP) is 1.39. The van der Waals surface area contributed by atoms with E-state index >= 15 is 0 Å². The number of nitrogens with zero attached hydrogens (tertiary/aromatic N) is 5. The number of carbonyl (C=O) groups excluding carboxylic acids is 1. The van der Waals surface area contributed by atoms with Gasteiger partial charge in [-0.05, 0) is 26.0 Å². The first-order valence-corrected chi connectivity index (χ1v) is 6.05. The van der Waals surface area contributed by atoms with Gasteiger partial charge < -0.3 is 0 Å². The van der Waals surface area contributed by atoms with Crippen molar-refractivity contribution in [2.24, 2.45) is 0 Å². The molecule has 1 amide bonds. The van der Waals surface area contributed by atoms with Crippen LogP contribution in [0.1, 0.15) is 21.7 Å². The first kappa shape index (κ1) is 12.2. The van der Waals surface area contributed by atoms with Gasteiger partial charge in [-0.1, -0.05) is 0 Å². The van der Waals surface area contributed by atoms with Crippen molar-refractivity contribution in [1.82, 2.24) is 24.6 Å². The second kappa shape index (κ2) is 4.69. The standard InChI is InChI=1S/C13H12N6O/c1-8-6-9(2)19-11(17-8)10(7-16-19)12(20)18-13-14-4-3-5-15-13/h3-7H,1-2H3,(H,14,15,18,20). The van der Waals surface area contributed by atoms with E-state index in [1.165, 1.54) is 6.20 Å². The molecule has 0 aliphatic heterocycles. The van der Waals surface area contributed by atoms with Crippen molar-refractivity contribution in [1.29, 1.82) is 0 Å². The highest BCUT2D eigenvalue weighted by Crippen LogP contribution is 2.13. The van der Waals surface area contributed by atoms with Crippen molar-refractivity contribution in [2.45, 2.75) is 13.8 Å². The third-order valence-electron chi connectivity index (χ3n) is 2.81. The summed E-state index contributed by atoms with van der Waals surface area (Å²) in [6.07, 6.45) is 4.61. The fraction of sp³-hybridized carbons (Fsp3) is 0.154. The fourth-order valence-electron chi connectivity index (χ4n) is 1.96. The van der Waals surface area contributed by atoms with Gasteiger partial charge in [0.15, 0.2) is 5.65 Å². The molecule has 0 aliphatic carbocycles. The molecule has 0 saturated carbocycles. The quantitative estimate of drug-likeness (QED) is 0.759. The zero-order chi connectivity index (χ0) is 14.1. The molecule has 20 heavy (non-hydrogen) atoms. The smallest absolute Gasteiger partial charge is 0.263 e. The van der Waals surface area contributed by atoms with Crippen molar-refractivity contribution in [2.75, 3.05) is 5.32 Å². The number of hydrogen-bond acceptors (Lipinski definition) is 5. The van der Waals surface area contributed by atoms with E-state index in [0.29, 0.717) is 11.2 Å². The van der Waals surface area contributed by atoms with E-state index < -0.39 is 0 Å². The van der Waals surface area contributed by atoms with Crippen LogP contribution in [-0.2, 0) is 0 Å². The van der Waals surface area contributed by atoms with E-state index in [1.54, 1.807) is 23.0 Å². The highest BCUT2D eigenvalue weighted by Gasteiger charge is 2.16. The summed E-state index contributed by atoms with van der Waals surface area (Å²) in [5.41, 5.74) is 2.67. The summed E-state index contributed by atoms with van der Waals surface area (Å²) < 4.78 is 1.63. The van der Waals surface area contributed by atoms with Crippen LogP contribution in [-0.4, -0.2) is 30.5 Å². The number of carbonyl (C=O) groups is 1. The topological polar surface area (TPSA) is 85.1 Å². The molecule has 0 radical (unpaired) electrons. The maximum Gasteiger partial charge on any atom is 0.263 e. The molecule has 0 fully saturated rings. The van der Waals surface area contributed by atoms with Crippen molar-refractivity contribution >= 4 is 17.5 Å². The van der Waals surface area contributed by atoms with Crippen LogP contribution in [0.2, 0.25) is 0 Å². The Bertz CT molecular complexity index is 780. The lowest BCUT2D eigenvalue weighted by atomic mass is 10.3. The van der Waals surface area contributed by atoms with Gasteiger partial charge in [0.05, 0.1) is 6.20 Å². The van der Waals surface area contributed by atoms with Gasteiger partial charge in [0.1, 0.15) is 5.56 Å². The summed E-state index contributed by atoms with van der Waals surface area (Å²) >= 11 is 0. The molecule has 0 saturated heterocycles. The number of nitrogens with one attached hydrogen (secondary N) is 1. The Morgan fingerprint density at radius 3 is 2.75 bits per heavy atom. The molecular weight excluding hydrogens is 256 g/mol. The van der Waals surface area contributed by atoms with Gasteiger partial charge in [0.25, 0.3) is 5.91 Å². The van der Waals surface area contributed by atoms with Crippen LogP contribution in [0.3, 0.4) is 0 Å². The van der Waals surface area contributed by atoms with Crippen LogP contribution >= 0.6 is 0 Å². The van der Waals surface area contributed by atoms with E-state index in [2.05, 4.69) is 25.4 Å². The zero-order valence-electron chi connectivity index (χ0n) is 11.0. The maximum atomic E-state index is 12.2. The minimum absolute atomic E-state index is 0.251. The third-order valence-corrected chi connectivity index (χ3v) is 2.81. The van der Waals surface area contributed by atoms with Gasteiger partial charge in [0, 0.05) is 23.8 Å². The largest absolute Gasteiger partial charge is 0.290 e. The number of amides is 1. The molecule has 1 N–H and O–H groups in total. The molecule has 7 nitrogen and oxygen atoms in total. The second-order valence-corrected chi connectivity index (χ2v) is 4.36. The monoisotopic (exact) mass is 268 g/mol. The number of fused-ring (bicyclic) bond motifs is 1. The zero-order valence-corrected chi connectivity index (χ0v) is 11.0. The van der Waals surface area contributed by atoms with E-state index in [9.17, 15) is 4.79 Å². The number of hydrogen-bond donors (Lipinski definition) is 1. The Hall–Kier alpha value is -2.83. The molecule has 0 aliphatic rings. The lowest BCUT2D eigenvalue weighted by Crippen LogP contribution is -2.14. The van der Waals surface area contributed by atoms with Gasteiger partial charge in [-0.2, -0.15) is 5.10 Å². The number of anilines is 1. The van der Waals surface area contributed by atoms with Crippen molar-refractivity contribution in [3.05, 3.63) is 47.7 Å². The summed E-state index contributed by atoms with van der Waals surface area (Å²) in [5, 5.41) is 6.80. The molecule has 0 bridgehead atoms. The summed E-state index contributed by atoms with van der Waals surface area (Å²) in [7, 11) is 0. The van der Waals surface area contributed by atoms with Crippen LogP contribution in [0.15, 0.2) is 30.7 Å². The number of aryl methyl sites for hydroxylation is 2. The predicted molar refractivity (Wildman–Crippen MR) is 72.4 cm³/mol. The molecule has 0 unspecified atom stereocenters. The minimum Gasteiger partial charge on any atom is -0.290 e. The Balaban J connectivity index is 2.00. The van der Waals surface area contributed by atoms with Gasteiger partial charge in [-0.15, -0.1) is 0 Å². The summed E-state index contributed by atoms with van der Waals surface area (Å²) in [6, 6.07) is 3.58. The molecule has 3 aromatic heterocycles. The highest BCUT2D eigenvalue weighted by molar-refractivity contribution is 6.07. The van der Waals surface area contributed by atoms with Gasteiger partial charge in [0.2, 0.25) is 5.95 Å². The molecule has 100 valence electrons. The van der Waals surface area contributed by atoms with E-state index in [4.69, 9.17) is 0 Å². The third kappa shape index (κ3) is 2.09. The average molecular weight is 268 g/mol. The molecule has 0 aromatic carbocycles. The molecule has 0 atom stereocenters. The van der Waals surface area contributed by atoms with Gasteiger partial charge in [-0.25, -0.2) is 19.5 Å². The molecule has 3 aromatic rings. The SMILES string of the molecule is Cc1cc(C)n2ncc(C(=O)Nc3ncccn3)c2n1. The Kier molecular flexibility index (Phi) is 2.86. The Morgan fingerprint density at radius 1 is 1.25 bits per heavy atom. The van der Waals surface area contributed by atoms with E-state index in [0.717, 1.165) is 11.4 Å². The lowest BCUT2D eigenvalue weighted by Gasteiger charge is -2.03. The molecule has 7 heteroatoms. The van der Waals surface area contributed by atoms with Crippen molar-refractivity contribution < 1.29 is 4.79 Å². The summed E-state index contributed by atoms with van der Waals surface area (Å²) in [5.74, 6) is -0.0788. The van der Waals surface area contributed by atoms with Crippen LogP contribution in [0.25, 0.3) is 5.65 Å². The minimum atomic E-state index is -0.330. The van der Waals surface area contributed by atoms with Crippen LogP contribution < -0.4 is 5.32 Å². The van der Waals surface area contributed by atoms with E-state index in [1.807, 2.05) is 19.9 Å². The Labute approximate surface area is 114 Å². The van der Waals surface area contributed by atoms with Crippen molar-refractivity contribution in [3.63, 3.8) is 0 Å². The molecular formula is C13H12N6O. The fourth-order valence-corrected chi connectivity index (χ4v) is 1.96. The van der Waals surface area contributed by atoms with Crippen molar-refractivity contribution in [3.8, 4) is 0 Å². The first-order chi connectivity index (χ1) is 9.65. The molecule has 0 spiro atoms. The molecule has 3 heterocycles. The first-order valence-electron chi connectivity index (χ1n) is 6.05. The van der Waals surface area contributed by atoms with Gasteiger partial charge in [-0.3, -0.25) is 10.1 Å². The van der Waals surface area contributed by atoms with Crippen LogP contribution in [0, 0.1) is 13.8 Å². The van der Waals surface area contributed by atoms with Crippen LogP contribution in [0.4, 0.5) is 5.95 Å². The van der Waals surface area contributed by atoms with E-state index in [-0.39, 0.29) is 11.9 Å². The lowest BCUT2D eigenvalue weighted by molar-refractivity contribution is 0.102. The highest BCUT2D eigenvalue weighted by atomic mass is 16.1. The summed E-state index contributed by atoms with van der Waals surface area (Å²) in [6.45, 7) is 3.79. The average Bonchev–Trinajstić information content (AvgIpc) is 2.84. The molecule has 3 rings (SSSR count). The summed E-state index contributed by atoms with van der Waals surface area (Å²) in [4.78, 5) is 24.5. The second-order valence-electron chi connectivity index (χ2n) is 4.36. The number of rotatable bonds is 2. The van der Waals surface area contributed by atoms with Crippen LogP contribution in [0.5, 0.6) is 0 Å². The maximum absolute atomic E-state index is 12.2. The number of aromatic nitrogens is 5. The Morgan fingerprint density at radius 2 is 2.00 bits per heavy atom. The normalized spacial score (nSPS) is 10.7. The van der Waals surface area contributed by atoms with Gasteiger partial charge >= 0.3 is 0 Å².